The normalized spacial score (nSPS) is 10.6. The lowest BCUT2D eigenvalue weighted by Crippen LogP contribution is -2.35. The molecule has 6 nitrogen and oxygen atoms in total. The average Bonchev–Trinajstić information content (AvgIpc) is 3.06. The van der Waals surface area contributed by atoms with Gasteiger partial charge < -0.3 is 15.2 Å². The van der Waals surface area contributed by atoms with Gasteiger partial charge in [0, 0.05) is 30.7 Å². The number of rotatable bonds is 6. The molecule has 0 aliphatic carbocycles. The van der Waals surface area contributed by atoms with Crippen molar-refractivity contribution in [2.24, 2.45) is 0 Å². The van der Waals surface area contributed by atoms with Crippen molar-refractivity contribution in [1.82, 2.24) is 20.2 Å². The van der Waals surface area contributed by atoms with Gasteiger partial charge in [-0.05, 0) is 30.7 Å². The molecular weight excluding hydrogens is 280 g/mol. The van der Waals surface area contributed by atoms with E-state index in [4.69, 9.17) is 0 Å². The van der Waals surface area contributed by atoms with Crippen molar-refractivity contribution in [3.63, 3.8) is 0 Å². The van der Waals surface area contributed by atoms with Crippen LogP contribution in [-0.2, 0) is 9.59 Å². The van der Waals surface area contributed by atoms with Gasteiger partial charge >= 0.3 is 0 Å². The number of hydrogen-bond donors (Lipinski definition) is 2. The van der Waals surface area contributed by atoms with Crippen LogP contribution in [0.4, 0.5) is 0 Å². The Labute approximate surface area is 128 Å². The van der Waals surface area contributed by atoms with E-state index in [0.29, 0.717) is 6.54 Å². The molecule has 0 bridgehead atoms. The minimum absolute atomic E-state index is 0.0173. The summed E-state index contributed by atoms with van der Waals surface area (Å²) < 4.78 is 1.90. The lowest BCUT2D eigenvalue weighted by Gasteiger charge is -2.03. The molecule has 0 radical (unpaired) electrons. The molecule has 6 heteroatoms. The van der Waals surface area contributed by atoms with Crippen LogP contribution in [0.25, 0.3) is 11.8 Å². The third-order valence-electron chi connectivity index (χ3n) is 2.92. The predicted octanol–water partition coefficient (Wildman–Crippen LogP) is 1.14. The molecule has 1 aromatic heterocycles. The Hall–Kier alpha value is -2.89. The molecule has 0 saturated heterocycles. The number of carbonyl (C=O) groups is 2. The van der Waals surface area contributed by atoms with E-state index in [-0.39, 0.29) is 18.4 Å². The second-order valence-corrected chi connectivity index (χ2v) is 4.57. The highest BCUT2D eigenvalue weighted by Gasteiger charge is 2.01. The zero-order valence-electron chi connectivity index (χ0n) is 12.3. The van der Waals surface area contributed by atoms with E-state index in [9.17, 15) is 9.59 Å². The molecule has 0 atom stereocenters. The second-order valence-electron chi connectivity index (χ2n) is 4.57. The first kappa shape index (κ1) is 15.5. The summed E-state index contributed by atoms with van der Waals surface area (Å²) in [6.07, 6.45) is 8.41. The first-order valence-electron chi connectivity index (χ1n) is 7.00. The predicted molar refractivity (Wildman–Crippen MR) is 84.3 cm³/mol. The van der Waals surface area contributed by atoms with E-state index in [1.54, 1.807) is 18.6 Å². The highest BCUT2D eigenvalue weighted by molar-refractivity contribution is 5.94. The molecule has 1 aromatic carbocycles. The summed E-state index contributed by atoms with van der Waals surface area (Å²) in [6.45, 7) is 2.36. The lowest BCUT2D eigenvalue weighted by atomic mass is 10.2. The quantitative estimate of drug-likeness (QED) is 0.785. The maximum Gasteiger partial charge on any atom is 0.244 e. The number of aromatic nitrogens is 2. The fourth-order valence-electron chi connectivity index (χ4n) is 1.83. The Morgan fingerprint density at radius 1 is 1.23 bits per heavy atom. The lowest BCUT2D eigenvalue weighted by molar-refractivity contribution is -0.123. The van der Waals surface area contributed by atoms with Crippen molar-refractivity contribution < 1.29 is 9.59 Å². The van der Waals surface area contributed by atoms with Crippen LogP contribution < -0.4 is 10.6 Å². The molecule has 22 heavy (non-hydrogen) atoms. The summed E-state index contributed by atoms with van der Waals surface area (Å²) in [5, 5.41) is 5.13. The van der Waals surface area contributed by atoms with Gasteiger partial charge in [0.1, 0.15) is 0 Å². The Balaban J connectivity index is 1.87. The van der Waals surface area contributed by atoms with Gasteiger partial charge in [0.2, 0.25) is 11.8 Å². The van der Waals surface area contributed by atoms with Gasteiger partial charge in [-0.3, -0.25) is 9.59 Å². The van der Waals surface area contributed by atoms with E-state index < -0.39 is 0 Å². The molecule has 2 amide bonds. The average molecular weight is 298 g/mol. The number of benzene rings is 1. The second kappa shape index (κ2) is 7.78. The molecule has 0 spiro atoms. The molecular formula is C16H18N4O2. The Kier molecular flexibility index (Phi) is 5.48. The van der Waals surface area contributed by atoms with Crippen molar-refractivity contribution in [3.05, 3.63) is 54.6 Å². The molecule has 0 aliphatic rings. The molecule has 0 saturated carbocycles. The summed E-state index contributed by atoms with van der Waals surface area (Å²) in [5.41, 5.74) is 1.90. The third kappa shape index (κ3) is 4.59. The van der Waals surface area contributed by atoms with Gasteiger partial charge in [-0.25, -0.2) is 4.98 Å². The van der Waals surface area contributed by atoms with Crippen molar-refractivity contribution in [2.75, 3.05) is 13.1 Å². The van der Waals surface area contributed by atoms with Crippen LogP contribution in [0.15, 0.2) is 49.1 Å². The van der Waals surface area contributed by atoms with Crippen molar-refractivity contribution in [3.8, 4) is 5.69 Å². The van der Waals surface area contributed by atoms with Gasteiger partial charge in [0.15, 0.2) is 0 Å². The number of nitrogens with zero attached hydrogens (tertiary/aromatic N) is 2. The maximum absolute atomic E-state index is 11.6. The minimum atomic E-state index is -0.301. The number of nitrogens with one attached hydrogen (secondary N) is 2. The molecule has 0 unspecified atom stereocenters. The molecule has 2 N–H and O–H groups in total. The Bertz CT molecular complexity index is 645. The Morgan fingerprint density at radius 2 is 2.00 bits per heavy atom. The molecule has 114 valence electrons. The number of carbonyl (C=O) groups excluding carboxylic acids is 2. The smallest absolute Gasteiger partial charge is 0.244 e. The topological polar surface area (TPSA) is 76.0 Å². The first-order valence-corrected chi connectivity index (χ1v) is 7.00. The highest BCUT2D eigenvalue weighted by atomic mass is 16.2. The molecule has 2 aromatic rings. The molecule has 1 heterocycles. The van der Waals surface area contributed by atoms with Gasteiger partial charge in [0.25, 0.3) is 0 Å². The number of likely N-dealkylation sites (N-methyl/N-ethyl adjacent to an activating group) is 1. The largest absolute Gasteiger partial charge is 0.355 e. The summed E-state index contributed by atoms with van der Waals surface area (Å²) in [6, 6.07) is 7.69. The van der Waals surface area contributed by atoms with E-state index in [0.717, 1.165) is 11.3 Å². The standard InChI is InChI=1S/C16H18N4O2/c1-2-18-16(22)11-19-15(21)8-5-13-3-6-14(7-4-13)20-10-9-17-12-20/h3-10,12H,2,11H2,1H3,(H,18,22)(H,19,21)/b8-5+. The fourth-order valence-corrected chi connectivity index (χ4v) is 1.83. The van der Waals surface area contributed by atoms with Gasteiger partial charge in [0.05, 0.1) is 12.9 Å². The fraction of sp³-hybridized carbons (Fsp3) is 0.188. The van der Waals surface area contributed by atoms with E-state index in [1.165, 1.54) is 6.08 Å². The van der Waals surface area contributed by atoms with E-state index >= 15 is 0 Å². The van der Waals surface area contributed by atoms with Crippen molar-refractivity contribution in [2.45, 2.75) is 6.92 Å². The van der Waals surface area contributed by atoms with E-state index in [1.807, 2.05) is 42.0 Å². The van der Waals surface area contributed by atoms with Gasteiger partial charge in [-0.1, -0.05) is 12.1 Å². The van der Waals surface area contributed by atoms with Crippen LogP contribution in [0.2, 0.25) is 0 Å². The first-order chi connectivity index (χ1) is 10.7. The summed E-state index contributed by atoms with van der Waals surface area (Å²) in [7, 11) is 0. The van der Waals surface area contributed by atoms with E-state index in [2.05, 4.69) is 15.6 Å². The van der Waals surface area contributed by atoms with Crippen molar-refractivity contribution in [1.29, 1.82) is 0 Å². The number of imidazole rings is 1. The Morgan fingerprint density at radius 3 is 2.64 bits per heavy atom. The molecule has 0 aliphatic heterocycles. The number of amides is 2. The number of hydrogen-bond acceptors (Lipinski definition) is 3. The van der Waals surface area contributed by atoms with Gasteiger partial charge in [-0.15, -0.1) is 0 Å². The van der Waals surface area contributed by atoms with Crippen LogP contribution in [0, 0.1) is 0 Å². The zero-order valence-corrected chi connectivity index (χ0v) is 12.3. The highest BCUT2D eigenvalue weighted by Crippen LogP contribution is 2.10. The molecule has 0 fully saturated rings. The van der Waals surface area contributed by atoms with Gasteiger partial charge in [-0.2, -0.15) is 0 Å². The molecule has 2 rings (SSSR count). The van der Waals surface area contributed by atoms with Crippen LogP contribution in [0.3, 0.4) is 0 Å². The van der Waals surface area contributed by atoms with Crippen molar-refractivity contribution >= 4 is 17.9 Å². The van der Waals surface area contributed by atoms with Crippen LogP contribution in [-0.4, -0.2) is 34.5 Å². The third-order valence-corrected chi connectivity index (χ3v) is 2.92. The maximum atomic E-state index is 11.6. The summed E-state index contributed by atoms with van der Waals surface area (Å²) in [5.74, 6) is -0.501. The van der Waals surface area contributed by atoms with Crippen LogP contribution >= 0.6 is 0 Å². The summed E-state index contributed by atoms with van der Waals surface area (Å²) >= 11 is 0. The minimum Gasteiger partial charge on any atom is -0.355 e. The van der Waals surface area contributed by atoms with Crippen LogP contribution in [0.5, 0.6) is 0 Å². The van der Waals surface area contributed by atoms with Crippen LogP contribution in [0.1, 0.15) is 12.5 Å². The zero-order chi connectivity index (χ0) is 15.8. The summed E-state index contributed by atoms with van der Waals surface area (Å²) in [4.78, 5) is 26.8. The SMILES string of the molecule is CCNC(=O)CNC(=O)/C=C/c1ccc(-n2ccnc2)cc1. The monoisotopic (exact) mass is 298 g/mol.